The molecule has 130 valence electrons. The van der Waals surface area contributed by atoms with Crippen molar-refractivity contribution in [1.82, 2.24) is 4.90 Å². The predicted molar refractivity (Wildman–Crippen MR) is 91.4 cm³/mol. The molecule has 0 bridgehead atoms. The maximum Gasteiger partial charge on any atom is 0.226 e. The molecule has 2 N–H and O–H groups in total. The van der Waals surface area contributed by atoms with E-state index in [1.165, 1.54) is 6.42 Å². The monoisotopic (exact) mass is 330 g/mol. The number of amides is 2. The Balaban J connectivity index is 1.71. The van der Waals surface area contributed by atoms with Crippen molar-refractivity contribution in [3.63, 3.8) is 0 Å². The zero-order valence-electron chi connectivity index (χ0n) is 14.1. The van der Waals surface area contributed by atoms with Gasteiger partial charge in [0.1, 0.15) is 12.4 Å². The van der Waals surface area contributed by atoms with E-state index >= 15 is 0 Å². The molecule has 0 atom stereocenters. The van der Waals surface area contributed by atoms with Gasteiger partial charge in [-0.3, -0.25) is 9.59 Å². The smallest absolute Gasteiger partial charge is 0.226 e. The molecule has 1 aliphatic carbocycles. The molecule has 0 unspecified atom stereocenters. The van der Waals surface area contributed by atoms with Gasteiger partial charge in [0, 0.05) is 24.4 Å². The molecule has 0 spiro atoms. The number of rotatable bonds is 4. The van der Waals surface area contributed by atoms with E-state index in [0.29, 0.717) is 32.5 Å². The Morgan fingerprint density at radius 1 is 1.21 bits per heavy atom. The lowest BCUT2D eigenvalue weighted by atomic mass is 9.88. The molecule has 1 fully saturated rings. The average Bonchev–Trinajstić information content (AvgIpc) is 2.82. The Morgan fingerprint density at radius 3 is 2.75 bits per heavy atom. The first-order valence-electron chi connectivity index (χ1n) is 8.95. The van der Waals surface area contributed by atoms with Crippen molar-refractivity contribution in [2.75, 3.05) is 13.2 Å². The van der Waals surface area contributed by atoms with E-state index in [1.807, 2.05) is 23.1 Å². The standard InChI is InChI=1S/C19H26N2O3/c20-18(22)9-7-14-6-8-17-16(12-14)13-21(10-11-24-17)19(23)15-4-2-1-3-5-15/h6,8,12,15H,1-5,7,9-11,13H2,(H2,20,22). The summed E-state index contributed by atoms with van der Waals surface area (Å²) in [6.07, 6.45) is 6.56. The highest BCUT2D eigenvalue weighted by molar-refractivity contribution is 5.79. The number of primary amides is 1. The first-order valence-corrected chi connectivity index (χ1v) is 8.95. The topological polar surface area (TPSA) is 72.6 Å². The Labute approximate surface area is 143 Å². The number of aryl methyl sites for hydroxylation is 1. The molecule has 1 aromatic rings. The second-order valence-electron chi connectivity index (χ2n) is 6.85. The van der Waals surface area contributed by atoms with Crippen LogP contribution in [-0.4, -0.2) is 29.9 Å². The third-order valence-electron chi connectivity index (χ3n) is 5.03. The van der Waals surface area contributed by atoms with Crippen molar-refractivity contribution >= 4 is 11.8 Å². The van der Waals surface area contributed by atoms with Gasteiger partial charge in [0.25, 0.3) is 0 Å². The molecular weight excluding hydrogens is 304 g/mol. The second kappa shape index (κ2) is 7.69. The van der Waals surface area contributed by atoms with Gasteiger partial charge in [-0.2, -0.15) is 0 Å². The van der Waals surface area contributed by atoms with Gasteiger partial charge in [0.05, 0.1) is 6.54 Å². The van der Waals surface area contributed by atoms with Gasteiger partial charge in [-0.1, -0.05) is 31.4 Å². The van der Waals surface area contributed by atoms with Crippen LogP contribution in [-0.2, 0) is 22.6 Å². The number of fused-ring (bicyclic) bond motifs is 1. The zero-order valence-corrected chi connectivity index (χ0v) is 14.1. The van der Waals surface area contributed by atoms with Gasteiger partial charge in [0.15, 0.2) is 0 Å². The van der Waals surface area contributed by atoms with Crippen molar-refractivity contribution in [2.24, 2.45) is 11.7 Å². The van der Waals surface area contributed by atoms with Crippen molar-refractivity contribution in [3.05, 3.63) is 29.3 Å². The number of nitrogens with zero attached hydrogens (tertiary/aromatic N) is 1. The number of hydrogen-bond acceptors (Lipinski definition) is 3. The fourth-order valence-corrected chi connectivity index (χ4v) is 3.67. The van der Waals surface area contributed by atoms with E-state index in [9.17, 15) is 9.59 Å². The average molecular weight is 330 g/mol. The van der Waals surface area contributed by atoms with Crippen LogP contribution < -0.4 is 10.5 Å². The SMILES string of the molecule is NC(=O)CCc1ccc2c(c1)CN(C(=O)C1CCCCC1)CCO2. The van der Waals surface area contributed by atoms with Crippen LogP contribution in [0.15, 0.2) is 18.2 Å². The van der Waals surface area contributed by atoms with Gasteiger partial charge >= 0.3 is 0 Å². The first kappa shape index (κ1) is 16.8. The quantitative estimate of drug-likeness (QED) is 0.921. The van der Waals surface area contributed by atoms with Crippen LogP contribution in [0.5, 0.6) is 5.75 Å². The van der Waals surface area contributed by atoms with Crippen LogP contribution in [0.2, 0.25) is 0 Å². The maximum absolute atomic E-state index is 12.8. The summed E-state index contributed by atoms with van der Waals surface area (Å²) in [4.78, 5) is 25.7. The number of hydrogen-bond donors (Lipinski definition) is 1. The van der Waals surface area contributed by atoms with E-state index in [-0.39, 0.29) is 17.7 Å². The molecular formula is C19H26N2O3. The zero-order chi connectivity index (χ0) is 16.9. The van der Waals surface area contributed by atoms with Gasteiger partial charge in [-0.25, -0.2) is 0 Å². The summed E-state index contributed by atoms with van der Waals surface area (Å²) in [6.45, 7) is 1.77. The van der Waals surface area contributed by atoms with Crippen LogP contribution in [0.4, 0.5) is 0 Å². The summed E-state index contributed by atoms with van der Waals surface area (Å²) in [6, 6.07) is 5.96. The first-order chi connectivity index (χ1) is 11.6. The number of carbonyl (C=O) groups is 2. The lowest BCUT2D eigenvalue weighted by Gasteiger charge is -2.28. The molecule has 24 heavy (non-hydrogen) atoms. The van der Waals surface area contributed by atoms with Gasteiger partial charge in [0.2, 0.25) is 11.8 Å². The van der Waals surface area contributed by atoms with E-state index in [0.717, 1.165) is 42.6 Å². The highest BCUT2D eigenvalue weighted by Gasteiger charge is 2.27. The summed E-state index contributed by atoms with van der Waals surface area (Å²) in [5, 5.41) is 0. The minimum atomic E-state index is -0.296. The van der Waals surface area contributed by atoms with Crippen LogP contribution >= 0.6 is 0 Å². The van der Waals surface area contributed by atoms with Crippen molar-refractivity contribution < 1.29 is 14.3 Å². The molecule has 1 aromatic carbocycles. The lowest BCUT2D eigenvalue weighted by molar-refractivity contribution is -0.137. The Bertz CT molecular complexity index is 609. The number of benzene rings is 1. The number of ether oxygens (including phenoxy) is 1. The summed E-state index contributed by atoms with van der Waals surface area (Å²) in [7, 11) is 0. The van der Waals surface area contributed by atoms with Crippen LogP contribution in [0, 0.1) is 5.92 Å². The summed E-state index contributed by atoms with van der Waals surface area (Å²) in [5.41, 5.74) is 7.32. The van der Waals surface area contributed by atoms with E-state index < -0.39 is 0 Å². The van der Waals surface area contributed by atoms with Crippen molar-refractivity contribution in [3.8, 4) is 5.75 Å². The van der Waals surface area contributed by atoms with Crippen molar-refractivity contribution in [2.45, 2.75) is 51.5 Å². The van der Waals surface area contributed by atoms with Crippen LogP contribution in [0.3, 0.4) is 0 Å². The van der Waals surface area contributed by atoms with Crippen LogP contribution in [0.1, 0.15) is 49.7 Å². The van der Waals surface area contributed by atoms with Gasteiger partial charge < -0.3 is 15.4 Å². The fraction of sp³-hybridized carbons (Fsp3) is 0.579. The normalized spacial score (nSPS) is 18.4. The second-order valence-corrected chi connectivity index (χ2v) is 6.85. The largest absolute Gasteiger partial charge is 0.491 e. The number of nitrogens with two attached hydrogens (primary N) is 1. The summed E-state index contributed by atoms with van der Waals surface area (Å²) in [5.74, 6) is 0.999. The van der Waals surface area contributed by atoms with Crippen LogP contribution in [0.25, 0.3) is 0 Å². The number of carbonyl (C=O) groups excluding carboxylic acids is 2. The molecule has 2 aliphatic rings. The molecule has 1 saturated carbocycles. The molecule has 1 heterocycles. The minimum absolute atomic E-state index is 0.179. The molecule has 0 saturated heterocycles. The van der Waals surface area contributed by atoms with Crippen molar-refractivity contribution in [1.29, 1.82) is 0 Å². The third kappa shape index (κ3) is 4.08. The Hall–Kier alpha value is -2.04. The Morgan fingerprint density at radius 2 is 2.00 bits per heavy atom. The van der Waals surface area contributed by atoms with E-state index in [4.69, 9.17) is 10.5 Å². The lowest BCUT2D eigenvalue weighted by Crippen LogP contribution is -2.37. The molecule has 5 nitrogen and oxygen atoms in total. The summed E-state index contributed by atoms with van der Waals surface area (Å²) < 4.78 is 5.81. The molecule has 5 heteroatoms. The van der Waals surface area contributed by atoms with E-state index in [1.54, 1.807) is 0 Å². The maximum atomic E-state index is 12.8. The molecule has 0 aromatic heterocycles. The molecule has 3 rings (SSSR count). The van der Waals surface area contributed by atoms with Gasteiger partial charge in [-0.15, -0.1) is 0 Å². The van der Waals surface area contributed by atoms with E-state index in [2.05, 4.69) is 0 Å². The molecule has 0 radical (unpaired) electrons. The predicted octanol–water partition coefficient (Wildman–Crippen LogP) is 2.41. The Kier molecular flexibility index (Phi) is 5.38. The fourth-order valence-electron chi connectivity index (χ4n) is 3.67. The third-order valence-corrected chi connectivity index (χ3v) is 5.03. The highest BCUT2D eigenvalue weighted by Crippen LogP contribution is 2.29. The summed E-state index contributed by atoms with van der Waals surface area (Å²) >= 11 is 0. The molecule has 1 aliphatic heterocycles. The highest BCUT2D eigenvalue weighted by atomic mass is 16.5. The van der Waals surface area contributed by atoms with Gasteiger partial charge in [-0.05, 0) is 30.9 Å². The molecule has 2 amide bonds. The minimum Gasteiger partial charge on any atom is -0.491 e.